The summed E-state index contributed by atoms with van der Waals surface area (Å²) in [6.07, 6.45) is 0. The van der Waals surface area contributed by atoms with Gasteiger partial charge in [-0.15, -0.1) is 0 Å². The van der Waals surface area contributed by atoms with Crippen LogP contribution < -0.4 is 10.5 Å². The quantitative estimate of drug-likeness (QED) is 0.776. The Kier molecular flexibility index (Phi) is 4.51. The van der Waals surface area contributed by atoms with Crippen molar-refractivity contribution in [3.8, 4) is 0 Å². The Morgan fingerprint density at radius 2 is 1.86 bits per heavy atom. The summed E-state index contributed by atoms with van der Waals surface area (Å²) in [5, 5.41) is 0.435. The largest absolute Gasteiger partial charge is 0.398 e. The molecule has 0 aromatic heterocycles. The van der Waals surface area contributed by atoms with E-state index in [0.29, 0.717) is 20.7 Å². The van der Waals surface area contributed by atoms with Crippen molar-refractivity contribution in [2.24, 2.45) is 0 Å². The maximum Gasteiger partial charge on any atom is 0.264 e. The number of rotatable bonds is 3. The molecule has 0 fully saturated rings. The lowest BCUT2D eigenvalue weighted by atomic mass is 10.1. The SMILES string of the molecule is Cc1ccc(N)c(S(=O)(=O)Nc2cc(Cl)ccc2Br)c1C. The fraction of sp³-hybridized carbons (Fsp3) is 0.143. The summed E-state index contributed by atoms with van der Waals surface area (Å²) in [5.41, 5.74) is 7.90. The molecular formula is C14H14BrClN2O2S. The number of halogens is 2. The number of nitrogens with two attached hydrogens (primary N) is 1. The van der Waals surface area contributed by atoms with Crippen molar-refractivity contribution in [2.75, 3.05) is 10.5 Å². The van der Waals surface area contributed by atoms with Crippen molar-refractivity contribution in [1.82, 2.24) is 0 Å². The van der Waals surface area contributed by atoms with Crippen LogP contribution in [0.5, 0.6) is 0 Å². The first-order chi connectivity index (χ1) is 9.72. The van der Waals surface area contributed by atoms with Gasteiger partial charge in [0.05, 0.1) is 11.4 Å². The highest BCUT2D eigenvalue weighted by atomic mass is 79.9. The molecule has 4 nitrogen and oxygen atoms in total. The third kappa shape index (κ3) is 3.33. The van der Waals surface area contributed by atoms with Crippen LogP contribution in [0.1, 0.15) is 11.1 Å². The molecule has 2 aromatic rings. The van der Waals surface area contributed by atoms with Crippen LogP contribution in [0, 0.1) is 13.8 Å². The summed E-state index contributed by atoms with van der Waals surface area (Å²) in [5.74, 6) is 0. The van der Waals surface area contributed by atoms with E-state index in [1.807, 2.05) is 6.92 Å². The first-order valence-electron chi connectivity index (χ1n) is 6.06. The fourth-order valence-corrected chi connectivity index (χ4v) is 4.09. The van der Waals surface area contributed by atoms with Crippen molar-refractivity contribution in [1.29, 1.82) is 0 Å². The van der Waals surface area contributed by atoms with Gasteiger partial charge >= 0.3 is 0 Å². The maximum atomic E-state index is 12.6. The topological polar surface area (TPSA) is 72.2 Å². The molecule has 2 aromatic carbocycles. The average molecular weight is 390 g/mol. The van der Waals surface area contributed by atoms with Gasteiger partial charge < -0.3 is 5.73 Å². The van der Waals surface area contributed by atoms with Crippen LogP contribution in [0.15, 0.2) is 39.7 Å². The van der Waals surface area contributed by atoms with Crippen molar-refractivity contribution in [2.45, 2.75) is 18.7 Å². The maximum absolute atomic E-state index is 12.6. The minimum absolute atomic E-state index is 0.0920. The summed E-state index contributed by atoms with van der Waals surface area (Å²) in [6.45, 7) is 3.57. The molecule has 7 heteroatoms. The molecule has 0 saturated heterocycles. The molecule has 0 bridgehead atoms. The van der Waals surface area contributed by atoms with Crippen LogP contribution in [0.25, 0.3) is 0 Å². The second kappa shape index (κ2) is 5.87. The van der Waals surface area contributed by atoms with Gasteiger partial charge in [0.25, 0.3) is 10.0 Å². The average Bonchev–Trinajstić information content (AvgIpc) is 2.38. The number of hydrogen-bond donors (Lipinski definition) is 2. The summed E-state index contributed by atoms with van der Waals surface area (Å²) < 4.78 is 28.3. The van der Waals surface area contributed by atoms with E-state index < -0.39 is 10.0 Å². The minimum atomic E-state index is -3.80. The Morgan fingerprint density at radius 1 is 1.19 bits per heavy atom. The second-order valence-corrected chi connectivity index (χ2v) is 7.57. The van der Waals surface area contributed by atoms with E-state index in [0.717, 1.165) is 5.56 Å². The van der Waals surface area contributed by atoms with Crippen LogP contribution in [0.2, 0.25) is 5.02 Å². The lowest BCUT2D eigenvalue weighted by Crippen LogP contribution is -2.17. The van der Waals surface area contributed by atoms with Crippen LogP contribution in [-0.2, 0) is 10.0 Å². The highest BCUT2D eigenvalue weighted by molar-refractivity contribution is 9.10. The zero-order chi connectivity index (χ0) is 15.8. The Balaban J connectivity index is 2.54. The van der Waals surface area contributed by atoms with E-state index in [2.05, 4.69) is 20.7 Å². The van der Waals surface area contributed by atoms with Crippen molar-refractivity contribution in [3.05, 3.63) is 51.0 Å². The summed E-state index contributed by atoms with van der Waals surface area (Å²) >= 11 is 9.19. The third-order valence-electron chi connectivity index (χ3n) is 3.15. The molecular weight excluding hydrogens is 376 g/mol. The van der Waals surface area contributed by atoms with Gasteiger partial charge in [-0.3, -0.25) is 4.72 Å². The molecule has 0 amide bonds. The van der Waals surface area contributed by atoms with Gasteiger partial charge in [0.15, 0.2) is 0 Å². The molecule has 2 rings (SSSR count). The number of sulfonamides is 1. The van der Waals surface area contributed by atoms with E-state index >= 15 is 0 Å². The van der Waals surface area contributed by atoms with Crippen LogP contribution in [0.4, 0.5) is 11.4 Å². The van der Waals surface area contributed by atoms with E-state index in [1.54, 1.807) is 31.2 Å². The molecule has 3 N–H and O–H groups in total. The molecule has 0 aliphatic rings. The van der Waals surface area contributed by atoms with Gasteiger partial charge in [-0.05, 0) is 65.2 Å². The molecule has 0 aliphatic carbocycles. The van der Waals surface area contributed by atoms with Crippen LogP contribution in [-0.4, -0.2) is 8.42 Å². The Bertz CT molecular complexity index is 807. The number of benzene rings is 2. The smallest absolute Gasteiger partial charge is 0.264 e. The highest BCUT2D eigenvalue weighted by Crippen LogP contribution is 2.31. The third-order valence-corrected chi connectivity index (χ3v) is 5.64. The van der Waals surface area contributed by atoms with Gasteiger partial charge in [-0.25, -0.2) is 8.42 Å². The fourth-order valence-electron chi connectivity index (χ4n) is 1.94. The Hall–Kier alpha value is -1.24. The Morgan fingerprint density at radius 3 is 2.52 bits per heavy atom. The predicted octanol–water partition coefficient (Wildman–Crippen LogP) is 4.10. The molecule has 112 valence electrons. The molecule has 0 aliphatic heterocycles. The molecule has 0 spiro atoms. The van der Waals surface area contributed by atoms with Gasteiger partial charge in [0, 0.05) is 9.50 Å². The number of nitrogens with one attached hydrogen (secondary N) is 1. The summed E-state index contributed by atoms with van der Waals surface area (Å²) in [6, 6.07) is 8.25. The predicted molar refractivity (Wildman–Crippen MR) is 90.3 cm³/mol. The summed E-state index contributed by atoms with van der Waals surface area (Å²) in [4.78, 5) is 0.0920. The van der Waals surface area contributed by atoms with Gasteiger partial charge in [-0.2, -0.15) is 0 Å². The van der Waals surface area contributed by atoms with E-state index in [1.165, 1.54) is 6.07 Å². The standard InChI is InChI=1S/C14H14BrClN2O2S/c1-8-3-6-12(17)14(9(8)2)21(19,20)18-13-7-10(16)4-5-11(13)15/h3-7,18H,17H2,1-2H3. The number of aryl methyl sites for hydroxylation is 1. The van der Waals surface area contributed by atoms with Crippen molar-refractivity contribution < 1.29 is 8.42 Å². The highest BCUT2D eigenvalue weighted by Gasteiger charge is 2.22. The van der Waals surface area contributed by atoms with E-state index in [4.69, 9.17) is 17.3 Å². The van der Waals surface area contributed by atoms with Crippen LogP contribution >= 0.6 is 27.5 Å². The van der Waals surface area contributed by atoms with E-state index in [-0.39, 0.29) is 10.6 Å². The number of nitrogen functional groups attached to an aromatic ring is 1. The molecule has 21 heavy (non-hydrogen) atoms. The normalized spacial score (nSPS) is 11.4. The minimum Gasteiger partial charge on any atom is -0.398 e. The zero-order valence-electron chi connectivity index (χ0n) is 11.4. The van der Waals surface area contributed by atoms with Gasteiger partial charge in [0.1, 0.15) is 4.90 Å². The lowest BCUT2D eigenvalue weighted by molar-refractivity contribution is 0.601. The van der Waals surface area contributed by atoms with Crippen molar-refractivity contribution in [3.63, 3.8) is 0 Å². The molecule has 0 radical (unpaired) electrons. The zero-order valence-corrected chi connectivity index (χ0v) is 14.6. The Labute approximate surface area is 137 Å². The number of hydrogen-bond acceptors (Lipinski definition) is 3. The first-order valence-corrected chi connectivity index (χ1v) is 8.71. The molecule has 0 saturated carbocycles. The van der Waals surface area contributed by atoms with Crippen LogP contribution in [0.3, 0.4) is 0 Å². The molecule has 0 heterocycles. The van der Waals surface area contributed by atoms with Gasteiger partial charge in [-0.1, -0.05) is 17.7 Å². The molecule has 0 unspecified atom stereocenters. The number of anilines is 2. The lowest BCUT2D eigenvalue weighted by Gasteiger charge is -2.15. The second-order valence-electron chi connectivity index (χ2n) is 4.66. The van der Waals surface area contributed by atoms with Crippen molar-refractivity contribution >= 4 is 48.9 Å². The monoisotopic (exact) mass is 388 g/mol. The summed E-state index contributed by atoms with van der Waals surface area (Å²) in [7, 11) is -3.80. The molecule has 0 atom stereocenters. The first kappa shape index (κ1) is 16.1. The van der Waals surface area contributed by atoms with E-state index in [9.17, 15) is 8.42 Å². The van der Waals surface area contributed by atoms with Gasteiger partial charge in [0.2, 0.25) is 0 Å².